The van der Waals surface area contributed by atoms with E-state index in [-0.39, 0.29) is 0 Å². The van der Waals surface area contributed by atoms with Crippen LogP contribution in [0.2, 0.25) is 0 Å². The van der Waals surface area contributed by atoms with E-state index in [1.54, 1.807) is 0 Å². The molecule has 0 amide bonds. The van der Waals surface area contributed by atoms with Crippen LogP contribution in [0.15, 0.2) is 0 Å². The average Bonchev–Trinajstić information content (AvgIpc) is 1.88. The van der Waals surface area contributed by atoms with Crippen molar-refractivity contribution < 1.29 is 4.74 Å². The van der Waals surface area contributed by atoms with E-state index >= 15 is 0 Å². The second-order valence-corrected chi connectivity index (χ2v) is 2.77. The molecule has 0 aromatic rings. The first-order valence-electron chi connectivity index (χ1n) is 3.96. The van der Waals surface area contributed by atoms with Gasteiger partial charge in [0.15, 0.2) is 0 Å². The van der Waals surface area contributed by atoms with Crippen LogP contribution in [-0.4, -0.2) is 37.7 Å². The van der Waals surface area contributed by atoms with E-state index in [9.17, 15) is 0 Å². The first-order chi connectivity index (χ1) is 4.68. The summed E-state index contributed by atoms with van der Waals surface area (Å²) in [5.41, 5.74) is 0. The molecule has 0 atom stereocenters. The van der Waals surface area contributed by atoms with E-state index in [4.69, 9.17) is 4.74 Å². The highest BCUT2D eigenvalue weighted by molar-refractivity contribution is 4.54. The average molecular weight is 145 g/mol. The van der Waals surface area contributed by atoms with Crippen molar-refractivity contribution in [1.29, 1.82) is 0 Å². The lowest BCUT2D eigenvalue weighted by Gasteiger charge is -2.20. The molecule has 0 rings (SSSR count). The molecule has 0 N–H and O–H groups in total. The topological polar surface area (TPSA) is 12.5 Å². The van der Waals surface area contributed by atoms with Crippen molar-refractivity contribution in [3.8, 4) is 0 Å². The molecule has 0 heterocycles. The summed E-state index contributed by atoms with van der Waals surface area (Å²) < 4.78 is 5.21. The number of hydrogen-bond acceptors (Lipinski definition) is 2. The zero-order chi connectivity index (χ0) is 7.98. The van der Waals surface area contributed by atoms with Crippen LogP contribution in [0.5, 0.6) is 0 Å². The Labute approximate surface area is 64.2 Å². The van der Waals surface area contributed by atoms with Crippen LogP contribution >= 0.6 is 0 Å². The Hall–Kier alpha value is -0.0800. The molecule has 0 aromatic heterocycles. The highest BCUT2D eigenvalue weighted by Crippen LogP contribution is 1.91. The monoisotopic (exact) mass is 145 g/mol. The fourth-order valence-corrected chi connectivity index (χ4v) is 0.611. The first-order valence-corrected chi connectivity index (χ1v) is 3.96. The van der Waals surface area contributed by atoms with Crippen LogP contribution in [0.25, 0.3) is 0 Å². The maximum absolute atomic E-state index is 5.21. The molecule has 0 saturated carbocycles. The Morgan fingerprint density at radius 1 is 1.40 bits per heavy atom. The number of rotatable bonds is 5. The number of likely N-dealkylation sites (N-methyl/N-ethyl adjacent to an activating group) is 1. The molecular weight excluding hydrogens is 126 g/mol. The van der Waals surface area contributed by atoms with Crippen molar-refractivity contribution in [2.24, 2.45) is 0 Å². The molecule has 0 aliphatic rings. The fraction of sp³-hybridized carbons (Fsp3) is 1.00. The van der Waals surface area contributed by atoms with E-state index in [2.05, 4.69) is 25.8 Å². The molecule has 2 nitrogen and oxygen atoms in total. The summed E-state index contributed by atoms with van der Waals surface area (Å²) in [6, 6.07) is 0.625. The predicted molar refractivity (Wildman–Crippen MR) is 44.3 cm³/mol. The Morgan fingerprint density at radius 3 is 2.40 bits per heavy atom. The molecule has 0 fully saturated rings. The third-order valence-electron chi connectivity index (χ3n) is 1.67. The number of ether oxygens (including phenoxy) is 1. The molecule has 0 aromatic carbocycles. The SMILES string of the molecule is CCOCCN(C)C(C)C. The maximum Gasteiger partial charge on any atom is 0.0593 e. The van der Waals surface area contributed by atoms with Gasteiger partial charge in [-0.2, -0.15) is 0 Å². The summed E-state index contributed by atoms with van der Waals surface area (Å²) >= 11 is 0. The van der Waals surface area contributed by atoms with Gasteiger partial charge in [-0.25, -0.2) is 0 Å². The second-order valence-electron chi connectivity index (χ2n) is 2.77. The van der Waals surface area contributed by atoms with Crippen molar-refractivity contribution in [3.05, 3.63) is 0 Å². The minimum Gasteiger partial charge on any atom is -0.380 e. The standard InChI is InChI=1S/C8H19NO/c1-5-10-7-6-9(4)8(2)3/h8H,5-7H2,1-4H3. The Bertz CT molecular complexity index is 73.7. The minimum absolute atomic E-state index is 0.625. The zero-order valence-electron chi connectivity index (χ0n) is 7.55. The maximum atomic E-state index is 5.21. The Kier molecular flexibility index (Phi) is 5.64. The quantitative estimate of drug-likeness (QED) is 0.542. The van der Waals surface area contributed by atoms with Crippen LogP contribution < -0.4 is 0 Å². The van der Waals surface area contributed by atoms with Crippen molar-refractivity contribution in [2.75, 3.05) is 26.8 Å². The van der Waals surface area contributed by atoms with E-state index in [0.717, 1.165) is 19.8 Å². The molecule has 0 aliphatic carbocycles. The van der Waals surface area contributed by atoms with E-state index in [1.165, 1.54) is 0 Å². The third kappa shape index (κ3) is 4.77. The van der Waals surface area contributed by atoms with Crippen molar-refractivity contribution in [3.63, 3.8) is 0 Å². The normalized spacial score (nSPS) is 11.4. The molecule has 10 heavy (non-hydrogen) atoms. The van der Waals surface area contributed by atoms with E-state index < -0.39 is 0 Å². The summed E-state index contributed by atoms with van der Waals surface area (Å²) in [6.45, 7) is 9.11. The van der Waals surface area contributed by atoms with Gasteiger partial charge in [-0.1, -0.05) is 0 Å². The van der Waals surface area contributed by atoms with Gasteiger partial charge in [-0.3, -0.25) is 0 Å². The summed E-state index contributed by atoms with van der Waals surface area (Å²) in [4.78, 5) is 2.27. The summed E-state index contributed by atoms with van der Waals surface area (Å²) in [6.07, 6.45) is 0. The largest absolute Gasteiger partial charge is 0.380 e. The van der Waals surface area contributed by atoms with Gasteiger partial charge in [0.2, 0.25) is 0 Å². The van der Waals surface area contributed by atoms with Crippen LogP contribution in [0.1, 0.15) is 20.8 Å². The lowest BCUT2D eigenvalue weighted by Crippen LogP contribution is -2.29. The molecular formula is C8H19NO. The summed E-state index contributed by atoms with van der Waals surface area (Å²) in [5, 5.41) is 0. The Balaban J connectivity index is 3.13. The molecule has 0 spiro atoms. The smallest absolute Gasteiger partial charge is 0.0593 e. The molecule has 0 aliphatic heterocycles. The van der Waals surface area contributed by atoms with Crippen molar-refractivity contribution >= 4 is 0 Å². The molecule has 0 bridgehead atoms. The molecule has 0 radical (unpaired) electrons. The van der Waals surface area contributed by atoms with E-state index in [0.29, 0.717) is 6.04 Å². The van der Waals surface area contributed by atoms with Crippen LogP contribution in [-0.2, 0) is 4.74 Å². The lowest BCUT2D eigenvalue weighted by molar-refractivity contribution is 0.113. The van der Waals surface area contributed by atoms with E-state index in [1.807, 2.05) is 6.92 Å². The third-order valence-corrected chi connectivity index (χ3v) is 1.67. The van der Waals surface area contributed by atoms with Gasteiger partial charge in [-0.05, 0) is 27.8 Å². The van der Waals surface area contributed by atoms with Gasteiger partial charge in [0.25, 0.3) is 0 Å². The van der Waals surface area contributed by atoms with Crippen LogP contribution in [0.3, 0.4) is 0 Å². The van der Waals surface area contributed by atoms with Gasteiger partial charge in [0.05, 0.1) is 6.61 Å². The van der Waals surface area contributed by atoms with Crippen molar-refractivity contribution in [1.82, 2.24) is 4.90 Å². The predicted octanol–water partition coefficient (Wildman–Crippen LogP) is 1.36. The first kappa shape index (κ1) is 9.92. The fourth-order valence-electron chi connectivity index (χ4n) is 0.611. The summed E-state index contributed by atoms with van der Waals surface area (Å²) in [5.74, 6) is 0. The van der Waals surface area contributed by atoms with Crippen molar-refractivity contribution in [2.45, 2.75) is 26.8 Å². The van der Waals surface area contributed by atoms with Gasteiger partial charge >= 0.3 is 0 Å². The molecule has 62 valence electrons. The summed E-state index contributed by atoms with van der Waals surface area (Å²) in [7, 11) is 2.11. The van der Waals surface area contributed by atoms with Gasteiger partial charge in [0.1, 0.15) is 0 Å². The van der Waals surface area contributed by atoms with Gasteiger partial charge in [0, 0.05) is 19.2 Å². The van der Waals surface area contributed by atoms with Crippen LogP contribution in [0, 0.1) is 0 Å². The van der Waals surface area contributed by atoms with Gasteiger partial charge < -0.3 is 9.64 Å². The number of hydrogen-bond donors (Lipinski definition) is 0. The molecule has 0 unspecified atom stereocenters. The van der Waals surface area contributed by atoms with Gasteiger partial charge in [-0.15, -0.1) is 0 Å². The molecule has 0 saturated heterocycles. The zero-order valence-corrected chi connectivity index (χ0v) is 7.55. The Morgan fingerprint density at radius 2 is 2.00 bits per heavy atom. The molecule has 2 heteroatoms. The minimum atomic E-state index is 0.625. The lowest BCUT2D eigenvalue weighted by atomic mass is 10.3. The second kappa shape index (κ2) is 5.69. The highest BCUT2D eigenvalue weighted by Gasteiger charge is 2.00. The number of nitrogens with zero attached hydrogens (tertiary/aromatic N) is 1. The van der Waals surface area contributed by atoms with Crippen LogP contribution in [0.4, 0.5) is 0 Å². The highest BCUT2D eigenvalue weighted by atomic mass is 16.5.